The highest BCUT2D eigenvalue weighted by Gasteiger charge is 2.00. The minimum absolute atomic E-state index is 0.0887. The van der Waals surface area contributed by atoms with E-state index < -0.39 is 0 Å². The third kappa shape index (κ3) is 4.62. The van der Waals surface area contributed by atoms with Gasteiger partial charge in [0.1, 0.15) is 11.8 Å². The number of hydrogen-bond donors (Lipinski definition) is 1. The van der Waals surface area contributed by atoms with Crippen LogP contribution in [-0.4, -0.2) is 6.61 Å². The molecule has 2 aromatic carbocycles. The zero-order chi connectivity index (χ0) is 14.9. The van der Waals surface area contributed by atoms with Gasteiger partial charge in [-0.2, -0.15) is 5.26 Å². The van der Waals surface area contributed by atoms with Gasteiger partial charge in [0.15, 0.2) is 6.61 Å². The van der Waals surface area contributed by atoms with E-state index in [-0.39, 0.29) is 6.61 Å². The van der Waals surface area contributed by atoms with Crippen LogP contribution in [-0.2, 0) is 19.5 Å². The molecule has 0 fully saturated rings. The first-order valence-electron chi connectivity index (χ1n) is 7.19. The fraction of sp³-hybridized carbons (Fsp3) is 0.278. The Morgan fingerprint density at radius 3 is 2.38 bits per heavy atom. The predicted molar refractivity (Wildman–Crippen MR) is 83.9 cm³/mol. The van der Waals surface area contributed by atoms with Crippen LogP contribution in [0.1, 0.15) is 23.6 Å². The number of ether oxygens (including phenoxy) is 1. The Hall–Kier alpha value is -2.31. The summed E-state index contributed by atoms with van der Waals surface area (Å²) in [7, 11) is 0. The van der Waals surface area contributed by atoms with E-state index in [9.17, 15) is 0 Å². The molecule has 0 saturated heterocycles. The summed E-state index contributed by atoms with van der Waals surface area (Å²) in [5, 5.41) is 11.9. The average Bonchev–Trinajstić information content (AvgIpc) is 2.54. The molecule has 3 nitrogen and oxygen atoms in total. The quantitative estimate of drug-likeness (QED) is 0.845. The van der Waals surface area contributed by atoms with Gasteiger partial charge in [-0.15, -0.1) is 0 Å². The molecule has 0 spiro atoms. The van der Waals surface area contributed by atoms with Crippen molar-refractivity contribution in [2.45, 2.75) is 26.4 Å². The van der Waals surface area contributed by atoms with Crippen LogP contribution in [0.4, 0.5) is 0 Å². The largest absolute Gasteiger partial charge is 0.479 e. The molecule has 0 amide bonds. The van der Waals surface area contributed by atoms with E-state index in [4.69, 9.17) is 10.00 Å². The smallest absolute Gasteiger partial charge is 0.174 e. The van der Waals surface area contributed by atoms with Crippen molar-refractivity contribution in [2.24, 2.45) is 0 Å². The van der Waals surface area contributed by atoms with Gasteiger partial charge < -0.3 is 10.1 Å². The fourth-order valence-corrected chi connectivity index (χ4v) is 2.24. The van der Waals surface area contributed by atoms with Crippen molar-refractivity contribution in [2.75, 3.05) is 6.61 Å². The molecule has 0 bridgehead atoms. The Kier molecular flexibility index (Phi) is 5.81. The zero-order valence-corrected chi connectivity index (χ0v) is 12.3. The monoisotopic (exact) mass is 280 g/mol. The summed E-state index contributed by atoms with van der Waals surface area (Å²) >= 11 is 0. The average molecular weight is 280 g/mol. The maximum atomic E-state index is 8.46. The molecule has 0 aromatic heterocycles. The summed E-state index contributed by atoms with van der Waals surface area (Å²) < 4.78 is 5.23. The molecule has 0 aliphatic carbocycles. The molecular formula is C18H20N2O. The number of nitrogens with zero attached hydrogens (tertiary/aromatic N) is 1. The van der Waals surface area contributed by atoms with Gasteiger partial charge in [0.05, 0.1) is 0 Å². The Labute approximate surface area is 126 Å². The highest BCUT2D eigenvalue weighted by atomic mass is 16.5. The Morgan fingerprint density at radius 2 is 1.71 bits per heavy atom. The van der Waals surface area contributed by atoms with Crippen molar-refractivity contribution in [3.63, 3.8) is 0 Å². The molecule has 0 radical (unpaired) electrons. The highest BCUT2D eigenvalue weighted by molar-refractivity contribution is 5.28. The molecule has 108 valence electrons. The molecule has 0 unspecified atom stereocenters. The highest BCUT2D eigenvalue weighted by Crippen LogP contribution is 2.13. The van der Waals surface area contributed by atoms with E-state index in [0.29, 0.717) is 0 Å². The lowest BCUT2D eigenvalue weighted by molar-refractivity contribution is 0.368. The van der Waals surface area contributed by atoms with Gasteiger partial charge in [0, 0.05) is 13.1 Å². The van der Waals surface area contributed by atoms with E-state index >= 15 is 0 Å². The number of nitriles is 1. The van der Waals surface area contributed by atoms with Crippen LogP contribution >= 0.6 is 0 Å². The minimum atomic E-state index is 0.0887. The SMILES string of the molecule is CCc1ccccc1CNCc1ccc(OCC#N)cc1. The second kappa shape index (κ2) is 8.08. The van der Waals surface area contributed by atoms with E-state index in [1.54, 1.807) is 0 Å². The maximum absolute atomic E-state index is 8.46. The van der Waals surface area contributed by atoms with Crippen molar-refractivity contribution in [1.82, 2.24) is 5.32 Å². The summed E-state index contributed by atoms with van der Waals surface area (Å²) in [6.45, 7) is 3.96. The lowest BCUT2D eigenvalue weighted by Gasteiger charge is -2.09. The topological polar surface area (TPSA) is 45.0 Å². The molecule has 0 atom stereocenters. The van der Waals surface area contributed by atoms with Gasteiger partial charge >= 0.3 is 0 Å². The molecule has 21 heavy (non-hydrogen) atoms. The third-order valence-electron chi connectivity index (χ3n) is 3.37. The van der Waals surface area contributed by atoms with E-state index in [1.165, 1.54) is 16.7 Å². The Bertz CT molecular complexity index is 599. The van der Waals surface area contributed by atoms with Crippen LogP contribution in [0.25, 0.3) is 0 Å². The summed E-state index contributed by atoms with van der Waals surface area (Å²) in [6, 6.07) is 18.3. The van der Waals surface area contributed by atoms with E-state index in [2.05, 4.69) is 36.5 Å². The number of benzene rings is 2. The van der Waals surface area contributed by atoms with Gasteiger partial charge in [-0.1, -0.05) is 43.3 Å². The van der Waals surface area contributed by atoms with Crippen LogP contribution in [0.3, 0.4) is 0 Å². The predicted octanol–water partition coefficient (Wildman–Crippen LogP) is 3.44. The number of rotatable bonds is 7. The van der Waals surface area contributed by atoms with Crippen molar-refractivity contribution in [3.05, 3.63) is 65.2 Å². The lowest BCUT2D eigenvalue weighted by atomic mass is 10.1. The van der Waals surface area contributed by atoms with E-state index in [1.807, 2.05) is 30.3 Å². The van der Waals surface area contributed by atoms with E-state index in [0.717, 1.165) is 25.3 Å². The number of hydrogen-bond acceptors (Lipinski definition) is 3. The van der Waals surface area contributed by atoms with Gasteiger partial charge in [-0.3, -0.25) is 0 Å². The van der Waals surface area contributed by atoms with Crippen LogP contribution in [0.2, 0.25) is 0 Å². The van der Waals surface area contributed by atoms with Crippen molar-refractivity contribution < 1.29 is 4.74 Å². The van der Waals surface area contributed by atoms with Crippen molar-refractivity contribution in [1.29, 1.82) is 5.26 Å². The van der Waals surface area contributed by atoms with Gasteiger partial charge in [-0.05, 0) is 35.2 Å². The summed E-state index contributed by atoms with van der Waals surface area (Å²) in [6.07, 6.45) is 1.06. The van der Waals surface area contributed by atoms with Gasteiger partial charge in [0.2, 0.25) is 0 Å². The van der Waals surface area contributed by atoms with Crippen LogP contribution in [0.15, 0.2) is 48.5 Å². The zero-order valence-electron chi connectivity index (χ0n) is 12.3. The maximum Gasteiger partial charge on any atom is 0.174 e. The van der Waals surface area contributed by atoms with Gasteiger partial charge in [-0.25, -0.2) is 0 Å². The standard InChI is InChI=1S/C18H20N2O/c1-2-16-5-3-4-6-17(16)14-20-13-15-7-9-18(10-8-15)21-12-11-19/h3-10,20H,2,12-14H2,1H3. The number of nitrogens with one attached hydrogen (secondary N) is 1. The molecule has 2 aromatic rings. The third-order valence-corrected chi connectivity index (χ3v) is 3.37. The molecule has 0 aliphatic rings. The Morgan fingerprint density at radius 1 is 1.00 bits per heavy atom. The molecule has 0 heterocycles. The van der Waals surface area contributed by atoms with Crippen LogP contribution in [0.5, 0.6) is 5.75 Å². The molecule has 1 N–H and O–H groups in total. The second-order valence-corrected chi connectivity index (χ2v) is 4.82. The van der Waals surface area contributed by atoms with Crippen molar-refractivity contribution in [3.8, 4) is 11.8 Å². The van der Waals surface area contributed by atoms with Crippen molar-refractivity contribution >= 4 is 0 Å². The second-order valence-electron chi connectivity index (χ2n) is 4.82. The first-order chi connectivity index (χ1) is 10.3. The van der Waals surface area contributed by atoms with Gasteiger partial charge in [0.25, 0.3) is 0 Å². The Balaban J connectivity index is 1.84. The molecule has 0 saturated carbocycles. The normalized spacial score (nSPS) is 10.1. The molecular weight excluding hydrogens is 260 g/mol. The fourth-order valence-electron chi connectivity index (χ4n) is 2.24. The van der Waals surface area contributed by atoms with Crippen LogP contribution < -0.4 is 10.1 Å². The molecule has 3 heteroatoms. The molecule has 0 aliphatic heterocycles. The minimum Gasteiger partial charge on any atom is -0.479 e. The summed E-state index contributed by atoms with van der Waals surface area (Å²) in [4.78, 5) is 0. The number of aryl methyl sites for hydroxylation is 1. The van der Waals surface area contributed by atoms with Crippen LogP contribution in [0, 0.1) is 11.3 Å². The lowest BCUT2D eigenvalue weighted by Crippen LogP contribution is -2.13. The first kappa shape index (κ1) is 15.1. The first-order valence-corrected chi connectivity index (χ1v) is 7.19. The summed E-state index contributed by atoms with van der Waals surface area (Å²) in [5.74, 6) is 0.733. The summed E-state index contributed by atoms with van der Waals surface area (Å²) in [5.41, 5.74) is 3.95. The molecule has 2 rings (SSSR count).